The molecule has 1 aliphatic rings. The number of imidazole rings is 1. The lowest BCUT2D eigenvalue weighted by atomic mass is 9.87. The van der Waals surface area contributed by atoms with Crippen molar-refractivity contribution in [2.24, 2.45) is 11.1 Å². The molecule has 53 heavy (non-hydrogen) atoms. The molecule has 7 atom stereocenters. The molecule has 12 N–H and O–H groups in total. The molecule has 2 unspecified atom stereocenters. The van der Waals surface area contributed by atoms with Crippen molar-refractivity contribution in [1.29, 1.82) is 0 Å². The Labute approximate surface area is 304 Å². The molecule has 0 spiro atoms. The molecule has 0 bridgehead atoms. The van der Waals surface area contributed by atoms with Crippen molar-refractivity contribution in [3.05, 3.63) is 12.7 Å². The number of phosphoric ester groups is 3. The summed E-state index contributed by atoms with van der Waals surface area (Å²) in [5, 5.41) is 26.1. The number of carbonyl (C=O) groups is 3. The summed E-state index contributed by atoms with van der Waals surface area (Å²) >= 11 is 1.01. The summed E-state index contributed by atoms with van der Waals surface area (Å²) in [6.07, 6.45) is -6.72. The molecule has 0 aromatic carbocycles. The van der Waals surface area contributed by atoms with Crippen LogP contribution in [0.15, 0.2) is 12.7 Å². The maximum absolute atomic E-state index is 12.6. The topological polar surface area (TPSA) is 390 Å². The van der Waals surface area contributed by atoms with Gasteiger partial charge in [-0.3, -0.25) is 32.5 Å². The van der Waals surface area contributed by atoms with E-state index in [9.17, 15) is 57.9 Å². The Hall–Kier alpha value is -2.48. The summed E-state index contributed by atoms with van der Waals surface area (Å²) in [5.41, 5.74) is 9.54. The predicted molar refractivity (Wildman–Crippen MR) is 181 cm³/mol. The number of amides is 2. The number of carbonyl (C=O) groups excluding carboxylic acids is 3. The van der Waals surface area contributed by atoms with Crippen molar-refractivity contribution in [3.63, 3.8) is 0 Å². The monoisotopic (exact) mass is 838 g/mol. The molecule has 1 fully saturated rings. The van der Waals surface area contributed by atoms with E-state index >= 15 is 0 Å². The molecule has 25 nitrogen and oxygen atoms in total. The maximum Gasteiger partial charge on any atom is 0.481 e. The van der Waals surface area contributed by atoms with Crippen LogP contribution in [0.25, 0.3) is 11.2 Å². The van der Waals surface area contributed by atoms with E-state index in [1.165, 1.54) is 13.8 Å². The fourth-order valence-electron chi connectivity index (χ4n) is 4.49. The van der Waals surface area contributed by atoms with Gasteiger partial charge in [0.2, 0.25) is 11.8 Å². The molecule has 0 aliphatic carbocycles. The third kappa shape index (κ3) is 13.6. The van der Waals surface area contributed by atoms with Crippen molar-refractivity contribution in [2.45, 2.75) is 57.3 Å². The SMILES string of the molecule is CC(C)(COP(=O)(O)OP(=O)(O)OC[C@H]1O[C@@H](n2cnc3c(N)ncnc32)[C@H](O)[C@@H]1OP(=O)(O)O)[C@@H](O)C(=O)NCCC(=O)NCCSC(=O)CCN. The van der Waals surface area contributed by atoms with E-state index in [0.717, 1.165) is 29.0 Å². The molecule has 3 rings (SSSR count). The van der Waals surface area contributed by atoms with Gasteiger partial charge in [0.25, 0.3) is 0 Å². The van der Waals surface area contributed by atoms with Crippen LogP contribution < -0.4 is 22.1 Å². The van der Waals surface area contributed by atoms with Gasteiger partial charge in [-0.15, -0.1) is 0 Å². The third-order valence-electron chi connectivity index (χ3n) is 7.11. The second-order valence-electron chi connectivity index (χ2n) is 11.8. The first-order valence-corrected chi connectivity index (χ1v) is 20.8. The number of rotatable bonds is 21. The number of hydrogen-bond acceptors (Lipinski definition) is 19. The zero-order valence-electron chi connectivity index (χ0n) is 28.1. The normalized spacial score (nSPS) is 22.2. The highest BCUT2D eigenvalue weighted by Gasteiger charge is 2.50. The second-order valence-corrected chi connectivity index (χ2v) is 17.2. The average molecular weight is 839 g/mol. The largest absolute Gasteiger partial charge is 0.481 e. The zero-order chi connectivity index (χ0) is 39.8. The van der Waals surface area contributed by atoms with E-state index in [2.05, 4.69) is 34.4 Å². The van der Waals surface area contributed by atoms with Crippen LogP contribution in [-0.2, 0) is 50.7 Å². The lowest BCUT2D eigenvalue weighted by molar-refractivity contribution is -0.137. The molecule has 3 heterocycles. The van der Waals surface area contributed by atoms with Crippen molar-refractivity contribution < 1.29 is 80.5 Å². The lowest BCUT2D eigenvalue weighted by Crippen LogP contribution is -2.46. The summed E-state index contributed by atoms with van der Waals surface area (Å²) in [6, 6.07) is 0. The van der Waals surface area contributed by atoms with E-state index in [1.807, 2.05) is 0 Å². The number of nitrogen functional groups attached to an aromatic ring is 1. The molecule has 2 amide bonds. The molecule has 29 heteroatoms. The minimum atomic E-state index is -5.57. The Kier molecular flexibility index (Phi) is 16.0. The smallest absolute Gasteiger partial charge is 0.386 e. The molecule has 2 aromatic rings. The van der Waals surface area contributed by atoms with E-state index < -0.39 is 84.6 Å². The quantitative estimate of drug-likeness (QED) is 0.0480. The Morgan fingerprint density at radius 1 is 1.06 bits per heavy atom. The maximum atomic E-state index is 12.6. The van der Waals surface area contributed by atoms with E-state index in [-0.39, 0.29) is 54.6 Å². The molecule has 300 valence electrons. The van der Waals surface area contributed by atoms with Crippen LogP contribution in [0.4, 0.5) is 5.82 Å². The van der Waals surface area contributed by atoms with Gasteiger partial charge in [-0.1, -0.05) is 25.6 Å². The first-order valence-electron chi connectivity index (χ1n) is 15.3. The number of anilines is 1. The van der Waals surface area contributed by atoms with Crippen LogP contribution in [0.2, 0.25) is 0 Å². The van der Waals surface area contributed by atoms with Gasteiger partial charge in [0.05, 0.1) is 19.5 Å². The molecule has 0 radical (unpaired) electrons. The fraction of sp³-hybridized carbons (Fsp3) is 0.667. The summed E-state index contributed by atoms with van der Waals surface area (Å²) < 4.78 is 61.9. The second kappa shape index (κ2) is 18.9. The lowest BCUT2D eigenvalue weighted by Gasteiger charge is -2.30. The Morgan fingerprint density at radius 3 is 2.40 bits per heavy atom. The van der Waals surface area contributed by atoms with Crippen molar-refractivity contribution >= 4 is 69.1 Å². The number of aliphatic hydroxyl groups excluding tert-OH is 2. The number of nitrogens with two attached hydrogens (primary N) is 2. The summed E-state index contributed by atoms with van der Waals surface area (Å²) in [6.45, 7) is 0.673. The summed E-state index contributed by atoms with van der Waals surface area (Å²) in [5.74, 6) is -1.15. The van der Waals surface area contributed by atoms with Crippen LogP contribution in [0, 0.1) is 5.41 Å². The third-order valence-corrected chi connectivity index (χ3v) is 11.1. The zero-order valence-corrected chi connectivity index (χ0v) is 31.6. The van der Waals surface area contributed by atoms with E-state index in [4.69, 9.17) is 25.3 Å². The molecular weight excluding hydrogens is 797 g/mol. The number of hydrogen-bond donors (Lipinski definition) is 10. The molecular formula is C24H41N8O17P3S. The number of nitrogens with zero attached hydrogens (tertiary/aromatic N) is 4. The first kappa shape index (κ1) is 44.9. The predicted octanol–water partition coefficient (Wildman–Crippen LogP) is -1.99. The number of aromatic nitrogens is 4. The minimum absolute atomic E-state index is 0.0288. The van der Waals surface area contributed by atoms with E-state index in [1.54, 1.807) is 0 Å². The number of aliphatic hydroxyl groups is 2. The van der Waals surface area contributed by atoms with Crippen LogP contribution in [-0.4, -0.2) is 129 Å². The Bertz CT molecular complexity index is 1750. The van der Waals surface area contributed by atoms with Gasteiger partial charge < -0.3 is 56.6 Å². The molecule has 1 aliphatic heterocycles. The Balaban J connectivity index is 1.52. The van der Waals surface area contributed by atoms with Crippen molar-refractivity contribution in [3.8, 4) is 0 Å². The standard InChI is InChI=1S/C24H41N8O17P3S/c1-24(2,19(36)22(37)28-6-4-14(33)27-7-8-53-15(34)3-5-25)10-46-52(43,44)49-51(41,42)45-9-13-18(48-50(38,39)40)17(35)23(47-13)32-12-31-16-20(26)29-11-30-21(16)32/h11-13,17-19,23,35-36H,3-10,25H2,1-2H3,(H,27,33)(H,28,37)(H,41,42)(H,43,44)(H2,26,29,30)(H2,38,39,40)/t13-,17-,18-,19+,23-/m1/s1. The fourth-order valence-corrected chi connectivity index (χ4v) is 8.01. The molecule has 2 aromatic heterocycles. The number of thioether (sulfide) groups is 1. The van der Waals surface area contributed by atoms with Gasteiger partial charge in [0.1, 0.15) is 36.3 Å². The van der Waals surface area contributed by atoms with Gasteiger partial charge >= 0.3 is 23.5 Å². The summed E-state index contributed by atoms with van der Waals surface area (Å²) in [4.78, 5) is 86.7. The Morgan fingerprint density at radius 2 is 1.74 bits per heavy atom. The van der Waals surface area contributed by atoms with Crippen LogP contribution in [0.5, 0.6) is 0 Å². The van der Waals surface area contributed by atoms with Crippen LogP contribution in [0.3, 0.4) is 0 Å². The molecule has 1 saturated heterocycles. The molecule has 0 saturated carbocycles. The number of nitrogens with one attached hydrogen (secondary N) is 2. The average Bonchev–Trinajstić information content (AvgIpc) is 3.61. The van der Waals surface area contributed by atoms with Gasteiger partial charge in [-0.25, -0.2) is 28.6 Å². The highest BCUT2D eigenvalue weighted by molar-refractivity contribution is 8.13. The van der Waals surface area contributed by atoms with Gasteiger partial charge in [-0.2, -0.15) is 4.31 Å². The highest BCUT2D eigenvalue weighted by atomic mass is 32.2. The van der Waals surface area contributed by atoms with Gasteiger partial charge in [0.15, 0.2) is 22.8 Å². The summed E-state index contributed by atoms with van der Waals surface area (Å²) in [7, 11) is -16.4. The van der Waals surface area contributed by atoms with Crippen molar-refractivity contribution in [1.82, 2.24) is 30.2 Å². The van der Waals surface area contributed by atoms with Crippen LogP contribution >= 0.6 is 35.2 Å². The van der Waals surface area contributed by atoms with Gasteiger partial charge in [0, 0.05) is 43.6 Å². The van der Waals surface area contributed by atoms with E-state index in [0.29, 0.717) is 5.75 Å². The number of phosphoric acid groups is 3. The number of ether oxygens (including phenoxy) is 1. The van der Waals surface area contributed by atoms with Crippen LogP contribution in [0.1, 0.15) is 32.9 Å². The minimum Gasteiger partial charge on any atom is -0.386 e. The highest BCUT2D eigenvalue weighted by Crippen LogP contribution is 2.61. The van der Waals surface area contributed by atoms with Gasteiger partial charge in [-0.05, 0) is 0 Å². The first-order chi connectivity index (χ1) is 24.6. The van der Waals surface area contributed by atoms with Crippen molar-refractivity contribution in [2.75, 3.05) is 44.3 Å². The number of fused-ring (bicyclic) bond motifs is 1.